The van der Waals surface area contributed by atoms with Gasteiger partial charge in [-0.3, -0.25) is 4.90 Å². The summed E-state index contributed by atoms with van der Waals surface area (Å²) in [5, 5.41) is 3.44. The zero-order valence-electron chi connectivity index (χ0n) is 11.6. The average molecular weight is 294 g/mol. The predicted octanol–water partition coefficient (Wildman–Crippen LogP) is 2.56. The van der Waals surface area contributed by atoms with E-state index in [1.54, 1.807) is 0 Å². The molecule has 3 rings (SSSR count). The van der Waals surface area contributed by atoms with Crippen LogP contribution in [0.15, 0.2) is 40.9 Å². The van der Waals surface area contributed by atoms with Crippen LogP contribution < -0.4 is 5.32 Å². The Hall–Kier alpha value is -1.36. The second kappa shape index (κ2) is 6.88. The smallest absolute Gasteiger partial charge is 0.209 e. The zero-order valence-corrected chi connectivity index (χ0v) is 12.4. The van der Waals surface area contributed by atoms with Crippen LogP contribution >= 0.6 is 12.4 Å². The lowest BCUT2D eigenvalue weighted by atomic mass is 10.2. The molecule has 0 radical (unpaired) electrons. The number of benzene rings is 1. The van der Waals surface area contributed by atoms with E-state index in [4.69, 9.17) is 4.42 Å². The summed E-state index contributed by atoms with van der Waals surface area (Å²) in [5.41, 5.74) is 1.08. The maximum Gasteiger partial charge on any atom is 0.209 e. The highest BCUT2D eigenvalue weighted by molar-refractivity contribution is 5.85. The molecule has 4 nitrogen and oxygen atoms in total. The second-order valence-corrected chi connectivity index (χ2v) is 5.07. The monoisotopic (exact) mass is 293 g/mol. The highest BCUT2D eigenvalue weighted by atomic mass is 35.5. The van der Waals surface area contributed by atoms with E-state index in [0.717, 1.165) is 43.4 Å². The second-order valence-electron chi connectivity index (χ2n) is 5.07. The molecule has 1 saturated heterocycles. The molecule has 0 aliphatic carbocycles. The first-order valence-corrected chi connectivity index (χ1v) is 6.77. The largest absolute Gasteiger partial charge is 0.439 e. The summed E-state index contributed by atoms with van der Waals surface area (Å²) in [5.74, 6) is 1.65. The number of rotatable bonds is 3. The van der Waals surface area contributed by atoms with Crippen LogP contribution in [0.2, 0.25) is 0 Å². The van der Waals surface area contributed by atoms with E-state index in [1.807, 2.05) is 36.5 Å². The number of nitrogens with zero attached hydrogens (tertiary/aromatic N) is 2. The molecule has 1 aromatic carbocycles. The van der Waals surface area contributed by atoms with Crippen molar-refractivity contribution in [2.75, 3.05) is 19.6 Å². The summed E-state index contributed by atoms with van der Waals surface area (Å²) in [7, 11) is 0. The minimum absolute atomic E-state index is 0. The van der Waals surface area contributed by atoms with E-state index in [9.17, 15) is 0 Å². The third-order valence-electron chi connectivity index (χ3n) is 3.42. The summed E-state index contributed by atoms with van der Waals surface area (Å²) >= 11 is 0. The Balaban J connectivity index is 0.00000147. The molecule has 2 aromatic rings. The Kier molecular flexibility index (Phi) is 5.17. The van der Waals surface area contributed by atoms with Crippen molar-refractivity contribution in [2.24, 2.45) is 0 Å². The summed E-state index contributed by atoms with van der Waals surface area (Å²) in [6.45, 7) is 6.12. The molecule has 108 valence electrons. The number of aromatic nitrogens is 1. The van der Waals surface area contributed by atoms with Crippen LogP contribution in [0, 0.1) is 0 Å². The third-order valence-corrected chi connectivity index (χ3v) is 3.42. The van der Waals surface area contributed by atoms with Gasteiger partial charge in [0.1, 0.15) is 0 Å². The van der Waals surface area contributed by atoms with Crippen molar-refractivity contribution in [3.05, 3.63) is 42.4 Å². The lowest BCUT2D eigenvalue weighted by Crippen LogP contribution is -2.48. The first-order valence-electron chi connectivity index (χ1n) is 6.77. The van der Waals surface area contributed by atoms with E-state index in [2.05, 4.69) is 22.1 Å². The lowest BCUT2D eigenvalue weighted by molar-refractivity contribution is 0.184. The number of oxazole rings is 1. The van der Waals surface area contributed by atoms with Crippen LogP contribution in [0.25, 0.3) is 11.3 Å². The number of halogens is 1. The molecular weight excluding hydrogens is 274 g/mol. The molecule has 0 bridgehead atoms. The maximum absolute atomic E-state index is 5.83. The fourth-order valence-electron chi connectivity index (χ4n) is 2.47. The molecule has 0 spiro atoms. The molecular formula is C15H20ClN3O. The van der Waals surface area contributed by atoms with E-state index < -0.39 is 0 Å². The van der Waals surface area contributed by atoms with Crippen LogP contribution in [0.3, 0.4) is 0 Å². The fourth-order valence-corrected chi connectivity index (χ4v) is 2.47. The van der Waals surface area contributed by atoms with E-state index >= 15 is 0 Å². The Morgan fingerprint density at radius 1 is 1.35 bits per heavy atom. The first-order chi connectivity index (χ1) is 9.31. The van der Waals surface area contributed by atoms with Crippen molar-refractivity contribution in [3.63, 3.8) is 0 Å². The van der Waals surface area contributed by atoms with Gasteiger partial charge >= 0.3 is 0 Å². The van der Waals surface area contributed by atoms with Gasteiger partial charge in [0.05, 0.1) is 12.7 Å². The highest BCUT2D eigenvalue weighted by Crippen LogP contribution is 2.20. The normalized spacial score (nSPS) is 19.6. The fraction of sp³-hybridized carbons (Fsp3) is 0.400. The molecule has 0 saturated carbocycles. The molecule has 1 fully saturated rings. The number of hydrogen-bond acceptors (Lipinski definition) is 4. The van der Waals surface area contributed by atoms with Crippen LogP contribution in [-0.4, -0.2) is 35.6 Å². The molecule has 1 N–H and O–H groups in total. The summed E-state index contributed by atoms with van der Waals surface area (Å²) in [6.07, 6.45) is 1.82. The topological polar surface area (TPSA) is 41.3 Å². The minimum atomic E-state index is 0. The molecule has 1 aliphatic heterocycles. The van der Waals surface area contributed by atoms with Gasteiger partial charge in [-0.05, 0) is 6.92 Å². The third kappa shape index (κ3) is 3.60. The van der Waals surface area contributed by atoms with Crippen LogP contribution in [0.1, 0.15) is 12.8 Å². The molecule has 20 heavy (non-hydrogen) atoms. The van der Waals surface area contributed by atoms with Crippen molar-refractivity contribution in [1.82, 2.24) is 15.2 Å². The van der Waals surface area contributed by atoms with E-state index in [-0.39, 0.29) is 12.4 Å². The molecule has 1 aliphatic rings. The van der Waals surface area contributed by atoms with Crippen molar-refractivity contribution in [3.8, 4) is 11.3 Å². The number of nitrogens with one attached hydrogen (secondary N) is 1. The average Bonchev–Trinajstić information content (AvgIpc) is 2.88. The standard InChI is InChI=1S/C15H19N3O.ClH/c1-12-10-18(8-7-16-12)11-15-17-9-14(19-15)13-5-3-2-4-6-13;/h2-6,9,12,16H,7-8,10-11H2,1H3;1H/t12-;/m0./s1. The van der Waals surface area contributed by atoms with Gasteiger partial charge in [-0.1, -0.05) is 30.3 Å². The van der Waals surface area contributed by atoms with Crippen molar-refractivity contribution >= 4 is 12.4 Å². The van der Waals surface area contributed by atoms with Crippen LogP contribution in [-0.2, 0) is 6.54 Å². The molecule has 0 unspecified atom stereocenters. The summed E-state index contributed by atoms with van der Waals surface area (Å²) in [4.78, 5) is 6.76. The van der Waals surface area contributed by atoms with Gasteiger partial charge in [-0.2, -0.15) is 0 Å². The van der Waals surface area contributed by atoms with Crippen LogP contribution in [0.5, 0.6) is 0 Å². The molecule has 5 heteroatoms. The van der Waals surface area contributed by atoms with E-state index in [1.165, 1.54) is 0 Å². The van der Waals surface area contributed by atoms with Gasteiger partial charge in [-0.15, -0.1) is 12.4 Å². The molecule has 0 amide bonds. The van der Waals surface area contributed by atoms with E-state index in [0.29, 0.717) is 6.04 Å². The van der Waals surface area contributed by atoms with Crippen molar-refractivity contribution in [2.45, 2.75) is 19.5 Å². The summed E-state index contributed by atoms with van der Waals surface area (Å²) in [6, 6.07) is 10.6. The molecule has 2 heterocycles. The number of hydrogen-bond donors (Lipinski definition) is 1. The Morgan fingerprint density at radius 2 is 2.15 bits per heavy atom. The molecule has 1 aromatic heterocycles. The van der Waals surface area contributed by atoms with Gasteiger partial charge in [0.15, 0.2) is 5.76 Å². The van der Waals surface area contributed by atoms with Crippen LogP contribution in [0.4, 0.5) is 0 Å². The number of piperazine rings is 1. The maximum atomic E-state index is 5.83. The van der Waals surface area contributed by atoms with Gasteiger partial charge < -0.3 is 9.73 Å². The highest BCUT2D eigenvalue weighted by Gasteiger charge is 2.17. The Labute approximate surface area is 125 Å². The SMILES string of the molecule is C[C@H]1CN(Cc2ncc(-c3ccccc3)o2)CCN1.Cl. The van der Waals surface area contributed by atoms with Gasteiger partial charge in [-0.25, -0.2) is 4.98 Å². The van der Waals surface area contributed by atoms with Crippen molar-refractivity contribution < 1.29 is 4.42 Å². The van der Waals surface area contributed by atoms with Gasteiger partial charge in [0.2, 0.25) is 5.89 Å². The lowest BCUT2D eigenvalue weighted by Gasteiger charge is -2.30. The van der Waals surface area contributed by atoms with Gasteiger partial charge in [0.25, 0.3) is 0 Å². The quantitative estimate of drug-likeness (QED) is 0.944. The van der Waals surface area contributed by atoms with Crippen molar-refractivity contribution in [1.29, 1.82) is 0 Å². The molecule has 1 atom stereocenters. The minimum Gasteiger partial charge on any atom is -0.439 e. The summed E-state index contributed by atoms with van der Waals surface area (Å²) < 4.78 is 5.83. The predicted molar refractivity (Wildman–Crippen MR) is 81.9 cm³/mol. The Bertz CT molecular complexity index is 529. The Morgan fingerprint density at radius 3 is 2.90 bits per heavy atom. The zero-order chi connectivity index (χ0) is 13.1. The van der Waals surface area contributed by atoms with Gasteiger partial charge in [0, 0.05) is 31.2 Å². The first kappa shape index (κ1) is 15.0.